The molecule has 1 aromatic rings. The molecule has 0 bridgehead atoms. The predicted octanol–water partition coefficient (Wildman–Crippen LogP) is 1.98. The molecule has 2 amide bonds. The van der Waals surface area contributed by atoms with Crippen LogP contribution in [0, 0.1) is 0 Å². The van der Waals surface area contributed by atoms with Gasteiger partial charge in [0.05, 0.1) is 11.4 Å². The number of carbonyl (C=O) groups is 2. The maximum absolute atomic E-state index is 12.5. The van der Waals surface area contributed by atoms with Crippen LogP contribution in [-0.2, 0) is 17.6 Å². The number of fused-ring (bicyclic) bond motifs is 1. The van der Waals surface area contributed by atoms with E-state index in [9.17, 15) is 9.59 Å². The molecule has 0 unspecified atom stereocenters. The average Bonchev–Trinajstić information content (AvgIpc) is 2.80. The van der Waals surface area contributed by atoms with E-state index in [1.807, 2.05) is 0 Å². The predicted molar refractivity (Wildman–Crippen MR) is 79.1 cm³/mol. The SMILES string of the molecule is O=C1CN(C(=O)c2cc3c(s2)CCCCCC3)CCN1. The van der Waals surface area contributed by atoms with E-state index in [1.54, 1.807) is 16.2 Å². The molecule has 2 heterocycles. The highest BCUT2D eigenvalue weighted by atomic mass is 32.1. The first-order valence-electron chi connectivity index (χ1n) is 7.41. The fourth-order valence-corrected chi connectivity index (χ4v) is 4.14. The number of hydrogen-bond donors (Lipinski definition) is 1. The summed E-state index contributed by atoms with van der Waals surface area (Å²) in [6, 6.07) is 2.07. The highest BCUT2D eigenvalue weighted by Crippen LogP contribution is 2.29. The Kier molecular flexibility index (Phi) is 4.05. The summed E-state index contributed by atoms with van der Waals surface area (Å²) in [6.07, 6.45) is 7.25. The molecule has 0 radical (unpaired) electrons. The van der Waals surface area contributed by atoms with Crippen LogP contribution < -0.4 is 5.32 Å². The summed E-state index contributed by atoms with van der Waals surface area (Å²) >= 11 is 1.64. The molecule has 0 atom stereocenters. The van der Waals surface area contributed by atoms with Gasteiger partial charge in [-0.15, -0.1) is 11.3 Å². The molecule has 0 saturated carbocycles. The van der Waals surface area contributed by atoms with E-state index in [0.717, 1.165) is 17.7 Å². The van der Waals surface area contributed by atoms with Gasteiger partial charge in [-0.3, -0.25) is 9.59 Å². The molecule has 1 saturated heterocycles. The van der Waals surface area contributed by atoms with Gasteiger partial charge in [-0.1, -0.05) is 12.8 Å². The summed E-state index contributed by atoms with van der Waals surface area (Å²) in [4.78, 5) is 27.7. The molecular weight excluding hydrogens is 272 g/mol. The Morgan fingerprint density at radius 3 is 2.80 bits per heavy atom. The summed E-state index contributed by atoms with van der Waals surface area (Å²) in [5.41, 5.74) is 1.36. The van der Waals surface area contributed by atoms with Gasteiger partial charge in [0.25, 0.3) is 5.91 Å². The van der Waals surface area contributed by atoms with Crippen molar-refractivity contribution < 1.29 is 9.59 Å². The van der Waals surface area contributed by atoms with Crippen molar-refractivity contribution in [2.24, 2.45) is 0 Å². The van der Waals surface area contributed by atoms with Crippen LogP contribution in [0.5, 0.6) is 0 Å². The standard InChI is InChI=1S/C15H20N2O2S/c18-14-10-17(8-7-16-14)15(19)13-9-11-5-3-1-2-4-6-12(11)20-13/h9H,1-8,10H2,(H,16,18). The summed E-state index contributed by atoms with van der Waals surface area (Å²) in [7, 11) is 0. The minimum absolute atomic E-state index is 0.0246. The number of hydrogen-bond acceptors (Lipinski definition) is 3. The quantitative estimate of drug-likeness (QED) is 0.860. The van der Waals surface area contributed by atoms with E-state index in [4.69, 9.17) is 0 Å². The van der Waals surface area contributed by atoms with Crippen LogP contribution in [0.25, 0.3) is 0 Å². The van der Waals surface area contributed by atoms with Crippen LogP contribution in [0.15, 0.2) is 6.07 Å². The molecule has 0 aromatic carbocycles. The lowest BCUT2D eigenvalue weighted by Gasteiger charge is -2.26. The zero-order chi connectivity index (χ0) is 13.9. The number of amides is 2. The van der Waals surface area contributed by atoms with Crippen LogP contribution in [-0.4, -0.2) is 36.3 Å². The first-order valence-corrected chi connectivity index (χ1v) is 8.23. The minimum atomic E-state index is -0.0560. The smallest absolute Gasteiger partial charge is 0.264 e. The lowest BCUT2D eigenvalue weighted by atomic mass is 10.00. The second-order valence-corrected chi connectivity index (χ2v) is 6.69. The number of carbonyl (C=O) groups excluding carboxylic acids is 2. The second-order valence-electron chi connectivity index (χ2n) is 5.55. The lowest BCUT2D eigenvalue weighted by molar-refractivity contribution is -0.123. The van der Waals surface area contributed by atoms with Crippen LogP contribution in [0.3, 0.4) is 0 Å². The van der Waals surface area contributed by atoms with Crippen molar-refractivity contribution in [1.29, 1.82) is 0 Å². The van der Waals surface area contributed by atoms with E-state index in [1.165, 1.54) is 36.1 Å². The van der Waals surface area contributed by atoms with Gasteiger partial charge in [0, 0.05) is 18.0 Å². The number of rotatable bonds is 1. The van der Waals surface area contributed by atoms with Crippen molar-refractivity contribution in [3.05, 3.63) is 21.4 Å². The van der Waals surface area contributed by atoms with Gasteiger partial charge >= 0.3 is 0 Å². The maximum atomic E-state index is 12.5. The Balaban J connectivity index is 1.77. The fraction of sp³-hybridized carbons (Fsp3) is 0.600. The molecule has 5 heteroatoms. The van der Waals surface area contributed by atoms with Crippen LogP contribution in [0.2, 0.25) is 0 Å². The molecular formula is C15H20N2O2S. The monoisotopic (exact) mass is 292 g/mol. The van der Waals surface area contributed by atoms with E-state index < -0.39 is 0 Å². The second kappa shape index (κ2) is 5.95. The van der Waals surface area contributed by atoms with Gasteiger partial charge in [-0.25, -0.2) is 0 Å². The summed E-state index contributed by atoms with van der Waals surface area (Å²) in [5, 5.41) is 2.75. The number of thiophene rings is 1. The Labute approximate surface area is 123 Å². The van der Waals surface area contributed by atoms with Gasteiger partial charge in [-0.05, 0) is 37.3 Å². The van der Waals surface area contributed by atoms with Gasteiger partial charge in [0.2, 0.25) is 5.91 Å². The topological polar surface area (TPSA) is 49.4 Å². The van der Waals surface area contributed by atoms with E-state index in [0.29, 0.717) is 13.1 Å². The number of piperazine rings is 1. The third kappa shape index (κ3) is 2.87. The zero-order valence-electron chi connectivity index (χ0n) is 11.6. The maximum Gasteiger partial charge on any atom is 0.264 e. The Bertz CT molecular complexity index is 498. The Morgan fingerprint density at radius 1 is 1.20 bits per heavy atom. The number of nitrogens with zero attached hydrogens (tertiary/aromatic N) is 1. The van der Waals surface area contributed by atoms with Crippen LogP contribution in [0.4, 0.5) is 0 Å². The molecule has 20 heavy (non-hydrogen) atoms. The molecule has 1 N–H and O–H groups in total. The molecule has 108 valence electrons. The highest BCUT2D eigenvalue weighted by molar-refractivity contribution is 7.14. The Hall–Kier alpha value is -1.36. The van der Waals surface area contributed by atoms with Crippen LogP contribution >= 0.6 is 11.3 Å². The van der Waals surface area contributed by atoms with Gasteiger partial charge in [-0.2, -0.15) is 0 Å². The van der Waals surface area contributed by atoms with Crippen molar-refractivity contribution in [2.45, 2.75) is 38.5 Å². The first-order chi connectivity index (χ1) is 9.74. The molecule has 1 aromatic heterocycles. The largest absolute Gasteiger partial charge is 0.353 e. The number of aryl methyl sites for hydroxylation is 2. The fourth-order valence-electron chi connectivity index (χ4n) is 2.92. The minimum Gasteiger partial charge on any atom is -0.353 e. The third-order valence-corrected chi connectivity index (χ3v) is 5.26. The van der Waals surface area contributed by atoms with Crippen LogP contribution in [0.1, 0.15) is 45.8 Å². The van der Waals surface area contributed by atoms with Gasteiger partial charge in [0.15, 0.2) is 0 Å². The molecule has 1 fully saturated rings. The first kappa shape index (κ1) is 13.6. The molecule has 4 nitrogen and oxygen atoms in total. The highest BCUT2D eigenvalue weighted by Gasteiger charge is 2.24. The summed E-state index contributed by atoms with van der Waals surface area (Å²) in [5.74, 6) is -0.0314. The molecule has 1 aliphatic heterocycles. The Morgan fingerprint density at radius 2 is 2.00 bits per heavy atom. The van der Waals surface area contributed by atoms with Crippen molar-refractivity contribution in [3.8, 4) is 0 Å². The lowest BCUT2D eigenvalue weighted by Crippen LogP contribution is -2.49. The van der Waals surface area contributed by atoms with Crippen molar-refractivity contribution in [1.82, 2.24) is 10.2 Å². The normalized spacial score (nSPS) is 19.8. The molecule has 0 spiro atoms. The van der Waals surface area contributed by atoms with Gasteiger partial charge < -0.3 is 10.2 Å². The zero-order valence-corrected chi connectivity index (χ0v) is 12.4. The van der Waals surface area contributed by atoms with E-state index in [2.05, 4.69) is 11.4 Å². The van der Waals surface area contributed by atoms with E-state index in [-0.39, 0.29) is 18.4 Å². The average molecular weight is 292 g/mol. The van der Waals surface area contributed by atoms with Crippen molar-refractivity contribution in [2.75, 3.05) is 19.6 Å². The van der Waals surface area contributed by atoms with Crippen molar-refractivity contribution in [3.63, 3.8) is 0 Å². The molecule has 2 aliphatic rings. The van der Waals surface area contributed by atoms with E-state index >= 15 is 0 Å². The summed E-state index contributed by atoms with van der Waals surface area (Å²) in [6.45, 7) is 1.38. The molecule has 1 aliphatic carbocycles. The molecule has 3 rings (SSSR count). The summed E-state index contributed by atoms with van der Waals surface area (Å²) < 4.78 is 0. The third-order valence-electron chi connectivity index (χ3n) is 4.03. The van der Waals surface area contributed by atoms with Crippen molar-refractivity contribution >= 4 is 23.2 Å². The van der Waals surface area contributed by atoms with Gasteiger partial charge in [0.1, 0.15) is 0 Å². The number of nitrogens with one attached hydrogen (secondary N) is 1.